The molecule has 2 fully saturated rings. The van der Waals surface area contributed by atoms with Gasteiger partial charge in [-0.15, -0.1) is 22.7 Å². The smallest absolute Gasteiger partial charge is 0.323 e. The van der Waals surface area contributed by atoms with Crippen molar-refractivity contribution >= 4 is 49.8 Å². The number of thiophene rings is 1. The van der Waals surface area contributed by atoms with Crippen molar-refractivity contribution in [2.24, 2.45) is 0 Å². The molecule has 0 aliphatic carbocycles. The molecule has 2 aromatic rings. The Morgan fingerprint density at radius 3 is 2.53 bits per heavy atom. The van der Waals surface area contributed by atoms with Crippen molar-refractivity contribution < 1.29 is 18.0 Å². The number of piperazine rings is 1. The zero-order valence-electron chi connectivity index (χ0n) is 16.8. The largest absolute Gasteiger partial charge is 0.340 e. The summed E-state index contributed by atoms with van der Waals surface area (Å²) in [5.41, 5.74) is 0.624. The molecule has 30 heavy (non-hydrogen) atoms. The van der Waals surface area contributed by atoms with Crippen LogP contribution in [0.5, 0.6) is 0 Å². The van der Waals surface area contributed by atoms with Gasteiger partial charge in [0.05, 0.1) is 17.0 Å². The molecule has 2 saturated heterocycles. The van der Waals surface area contributed by atoms with Crippen molar-refractivity contribution in [1.29, 1.82) is 0 Å². The highest BCUT2D eigenvalue weighted by Gasteiger charge is 2.32. The van der Waals surface area contributed by atoms with E-state index >= 15 is 0 Å². The number of hydrogen-bond donors (Lipinski definition) is 1. The Morgan fingerprint density at radius 2 is 1.93 bits per heavy atom. The Labute approximate surface area is 183 Å². The molecular formula is C18H23N5O4S3. The van der Waals surface area contributed by atoms with E-state index in [2.05, 4.69) is 10.3 Å². The minimum absolute atomic E-state index is 0.0858. The molecule has 1 N–H and O–H groups in total. The maximum atomic E-state index is 12.9. The monoisotopic (exact) mass is 469 g/mol. The Hall–Kier alpha value is -2.02. The van der Waals surface area contributed by atoms with Crippen molar-refractivity contribution in [2.45, 2.75) is 25.2 Å². The number of sulfonamides is 1. The van der Waals surface area contributed by atoms with E-state index in [9.17, 15) is 18.0 Å². The molecule has 2 aliphatic rings. The van der Waals surface area contributed by atoms with Gasteiger partial charge in [-0.3, -0.25) is 9.69 Å². The second-order valence-electron chi connectivity index (χ2n) is 7.24. The van der Waals surface area contributed by atoms with Crippen LogP contribution in [0, 0.1) is 13.8 Å². The van der Waals surface area contributed by atoms with Gasteiger partial charge >= 0.3 is 6.03 Å². The zero-order valence-corrected chi connectivity index (χ0v) is 19.2. The molecule has 0 aromatic carbocycles. The van der Waals surface area contributed by atoms with E-state index in [0.29, 0.717) is 41.9 Å². The number of aryl methyl sites for hydroxylation is 2. The van der Waals surface area contributed by atoms with Crippen LogP contribution in [-0.2, 0) is 21.2 Å². The highest BCUT2D eigenvalue weighted by atomic mass is 32.2. The summed E-state index contributed by atoms with van der Waals surface area (Å²) in [5.74, 6) is -0.0858. The molecule has 0 radical (unpaired) electrons. The molecule has 9 nitrogen and oxygen atoms in total. The number of anilines is 1. The summed E-state index contributed by atoms with van der Waals surface area (Å²) in [4.78, 5) is 34.2. The fraction of sp³-hybridized carbons (Fsp3) is 0.500. The van der Waals surface area contributed by atoms with Gasteiger partial charge in [-0.2, -0.15) is 4.31 Å². The lowest BCUT2D eigenvalue weighted by Gasteiger charge is -2.34. The number of aromatic nitrogens is 1. The molecule has 2 aliphatic heterocycles. The normalized spacial score (nSPS) is 18.1. The van der Waals surface area contributed by atoms with Crippen molar-refractivity contribution in [3.05, 3.63) is 26.9 Å². The van der Waals surface area contributed by atoms with Crippen LogP contribution in [0.25, 0.3) is 0 Å². The number of rotatable bonds is 5. The van der Waals surface area contributed by atoms with Crippen LogP contribution in [0.2, 0.25) is 0 Å². The van der Waals surface area contributed by atoms with Gasteiger partial charge in [0, 0.05) is 54.4 Å². The van der Waals surface area contributed by atoms with Crippen LogP contribution in [0.15, 0.2) is 16.3 Å². The molecule has 162 valence electrons. The lowest BCUT2D eigenvalue weighted by atomic mass is 10.2. The van der Waals surface area contributed by atoms with E-state index in [4.69, 9.17) is 0 Å². The van der Waals surface area contributed by atoms with Gasteiger partial charge in [0.15, 0.2) is 5.13 Å². The SMILES string of the molecule is Cc1cc(S(=O)(=O)N2CCN(C(=O)Cc3csc(N4CCNC4=O)n3)CC2)c(C)s1. The molecule has 2 aromatic heterocycles. The number of nitrogens with zero attached hydrogens (tertiary/aromatic N) is 4. The second kappa shape index (κ2) is 8.25. The van der Waals surface area contributed by atoms with Crippen LogP contribution in [0.1, 0.15) is 15.4 Å². The van der Waals surface area contributed by atoms with Crippen LogP contribution in [0.3, 0.4) is 0 Å². The Balaban J connectivity index is 1.35. The average molecular weight is 470 g/mol. The number of hydrogen-bond acceptors (Lipinski definition) is 7. The van der Waals surface area contributed by atoms with Crippen molar-refractivity contribution in [2.75, 3.05) is 44.2 Å². The molecule has 0 unspecified atom stereocenters. The van der Waals surface area contributed by atoms with Crippen LogP contribution >= 0.6 is 22.7 Å². The third kappa shape index (κ3) is 4.09. The second-order valence-corrected chi connectivity index (χ2v) is 11.4. The van der Waals surface area contributed by atoms with E-state index in [1.807, 2.05) is 13.8 Å². The van der Waals surface area contributed by atoms with E-state index in [-0.39, 0.29) is 31.4 Å². The molecule has 4 rings (SSSR count). The molecule has 0 atom stereocenters. The average Bonchev–Trinajstić information content (AvgIpc) is 3.42. The van der Waals surface area contributed by atoms with Gasteiger partial charge in [0.2, 0.25) is 15.9 Å². The summed E-state index contributed by atoms with van der Waals surface area (Å²) in [7, 11) is -3.54. The van der Waals surface area contributed by atoms with E-state index in [0.717, 1.165) is 9.75 Å². The first kappa shape index (κ1) is 21.2. The molecule has 0 bridgehead atoms. The number of carbonyl (C=O) groups is 2. The molecule has 0 spiro atoms. The van der Waals surface area contributed by atoms with Gasteiger partial charge in [-0.1, -0.05) is 0 Å². The highest BCUT2D eigenvalue weighted by molar-refractivity contribution is 7.89. The Morgan fingerprint density at radius 1 is 1.20 bits per heavy atom. The summed E-state index contributed by atoms with van der Waals surface area (Å²) in [5, 5.41) is 5.11. The van der Waals surface area contributed by atoms with Crippen molar-refractivity contribution in [3.63, 3.8) is 0 Å². The number of carbonyl (C=O) groups excluding carboxylic acids is 2. The van der Waals surface area contributed by atoms with Crippen molar-refractivity contribution in [3.8, 4) is 0 Å². The standard InChI is InChI=1S/C18H23N5O4S3/c1-12-9-15(13(2)29-12)30(26,27)22-7-5-21(6-8-22)16(24)10-14-11-28-18(20-14)23-4-3-19-17(23)25/h9,11H,3-8,10H2,1-2H3,(H,19,25). The summed E-state index contributed by atoms with van der Waals surface area (Å²) in [6, 6.07) is 1.54. The maximum absolute atomic E-state index is 12.9. The van der Waals surface area contributed by atoms with Crippen molar-refractivity contribution in [1.82, 2.24) is 19.5 Å². The van der Waals surface area contributed by atoms with Crippen LogP contribution in [0.4, 0.5) is 9.93 Å². The molecule has 3 amide bonds. The minimum Gasteiger partial charge on any atom is -0.340 e. The lowest BCUT2D eigenvalue weighted by molar-refractivity contribution is -0.131. The summed E-state index contributed by atoms with van der Waals surface area (Å²) < 4.78 is 27.3. The van der Waals surface area contributed by atoms with E-state index < -0.39 is 10.0 Å². The Bertz CT molecular complexity index is 1070. The van der Waals surface area contributed by atoms with Gasteiger partial charge in [0.25, 0.3) is 0 Å². The third-order valence-electron chi connectivity index (χ3n) is 5.16. The Kier molecular flexibility index (Phi) is 5.84. The first-order valence-corrected chi connectivity index (χ1v) is 12.7. The third-order valence-corrected chi connectivity index (χ3v) is 9.20. The van der Waals surface area contributed by atoms with Gasteiger partial charge in [-0.05, 0) is 19.9 Å². The minimum atomic E-state index is -3.54. The molecular weight excluding hydrogens is 446 g/mol. The number of nitrogens with one attached hydrogen (secondary N) is 1. The van der Waals surface area contributed by atoms with E-state index in [1.165, 1.54) is 27.0 Å². The van der Waals surface area contributed by atoms with Gasteiger partial charge in [0.1, 0.15) is 0 Å². The summed E-state index contributed by atoms with van der Waals surface area (Å²) >= 11 is 2.81. The first-order chi connectivity index (χ1) is 14.3. The van der Waals surface area contributed by atoms with Crippen LogP contribution in [-0.4, -0.2) is 73.8 Å². The van der Waals surface area contributed by atoms with Gasteiger partial charge in [-0.25, -0.2) is 18.2 Å². The quantitative estimate of drug-likeness (QED) is 0.714. The first-order valence-electron chi connectivity index (χ1n) is 9.60. The zero-order chi connectivity index (χ0) is 21.5. The fourth-order valence-electron chi connectivity index (χ4n) is 3.60. The van der Waals surface area contributed by atoms with Gasteiger partial charge < -0.3 is 10.2 Å². The topological polar surface area (TPSA) is 103 Å². The highest BCUT2D eigenvalue weighted by Crippen LogP contribution is 2.28. The fourth-order valence-corrected chi connectivity index (χ4v) is 7.40. The van der Waals surface area contributed by atoms with Crippen LogP contribution < -0.4 is 10.2 Å². The number of thiazole rings is 1. The summed E-state index contributed by atoms with van der Waals surface area (Å²) in [6.07, 6.45) is 0.140. The predicted molar refractivity (Wildman–Crippen MR) is 116 cm³/mol. The molecule has 4 heterocycles. The number of urea groups is 1. The number of amides is 3. The molecule has 12 heteroatoms. The molecule has 0 saturated carbocycles. The predicted octanol–water partition coefficient (Wildman–Crippen LogP) is 1.43. The lowest BCUT2D eigenvalue weighted by Crippen LogP contribution is -2.50. The van der Waals surface area contributed by atoms with E-state index in [1.54, 1.807) is 21.2 Å². The maximum Gasteiger partial charge on any atom is 0.323 e. The summed E-state index contributed by atoms with van der Waals surface area (Å²) in [6.45, 7) is 6.13.